The molecule has 1 aliphatic rings. The molecule has 2 N–H and O–H groups in total. The van der Waals surface area contributed by atoms with E-state index in [-0.39, 0.29) is 29.8 Å². The highest BCUT2D eigenvalue weighted by Crippen LogP contribution is 2.25. The van der Waals surface area contributed by atoms with Gasteiger partial charge in [-0.2, -0.15) is 0 Å². The Morgan fingerprint density at radius 2 is 1.90 bits per heavy atom. The fourth-order valence-electron chi connectivity index (χ4n) is 3.51. The van der Waals surface area contributed by atoms with E-state index in [2.05, 4.69) is 0 Å². The molecule has 8 heteroatoms. The molecule has 3 rings (SSSR count). The molecule has 0 radical (unpaired) electrons. The minimum atomic E-state index is -0.605. The minimum absolute atomic E-state index is 0. The van der Waals surface area contributed by atoms with Crippen molar-refractivity contribution in [1.82, 2.24) is 9.80 Å². The van der Waals surface area contributed by atoms with E-state index < -0.39 is 11.7 Å². The van der Waals surface area contributed by atoms with E-state index >= 15 is 0 Å². The second-order valence-electron chi connectivity index (χ2n) is 7.46. The van der Waals surface area contributed by atoms with Gasteiger partial charge in [0.2, 0.25) is 5.91 Å². The third kappa shape index (κ3) is 5.70. The second kappa shape index (κ2) is 10.4. The van der Waals surface area contributed by atoms with Crippen LogP contribution in [-0.2, 0) is 11.2 Å². The largest absolute Gasteiger partial charge is 0.457 e. The van der Waals surface area contributed by atoms with Gasteiger partial charge < -0.3 is 20.3 Å². The Hall–Kier alpha value is -2.64. The maximum Gasteiger partial charge on any atom is 0.256 e. The van der Waals surface area contributed by atoms with Gasteiger partial charge in [0.15, 0.2) is 0 Å². The number of rotatable bonds is 7. The summed E-state index contributed by atoms with van der Waals surface area (Å²) < 4.78 is 20.1. The maximum atomic E-state index is 14.3. The molecule has 0 saturated carbocycles. The quantitative estimate of drug-likeness (QED) is 0.725. The highest BCUT2D eigenvalue weighted by Gasteiger charge is 2.29. The number of halogens is 2. The first kappa shape index (κ1) is 23.6. The van der Waals surface area contributed by atoms with Gasteiger partial charge in [-0.15, -0.1) is 12.4 Å². The van der Waals surface area contributed by atoms with Crippen LogP contribution in [0.4, 0.5) is 4.39 Å². The summed E-state index contributed by atoms with van der Waals surface area (Å²) in [5.41, 5.74) is 6.60. The maximum absolute atomic E-state index is 14.3. The number of ether oxygens (including phenoxy) is 1. The Morgan fingerprint density at radius 1 is 1.23 bits per heavy atom. The zero-order valence-corrected chi connectivity index (χ0v) is 18.0. The van der Waals surface area contributed by atoms with Gasteiger partial charge in [-0.3, -0.25) is 9.59 Å². The van der Waals surface area contributed by atoms with Gasteiger partial charge in [0.05, 0.1) is 5.56 Å². The van der Waals surface area contributed by atoms with Gasteiger partial charge in [-0.1, -0.05) is 12.1 Å². The van der Waals surface area contributed by atoms with E-state index in [0.717, 1.165) is 12.0 Å². The molecule has 0 spiro atoms. The highest BCUT2D eigenvalue weighted by atomic mass is 35.5. The van der Waals surface area contributed by atoms with Crippen molar-refractivity contribution in [3.63, 3.8) is 0 Å². The van der Waals surface area contributed by atoms with Crippen molar-refractivity contribution >= 4 is 24.2 Å². The fraction of sp³-hybridized carbons (Fsp3) is 0.364. The number of carbonyl (C=O) groups is 2. The van der Waals surface area contributed by atoms with Crippen molar-refractivity contribution in [2.45, 2.75) is 12.8 Å². The summed E-state index contributed by atoms with van der Waals surface area (Å²) in [5, 5.41) is 0. The molecule has 1 aliphatic heterocycles. The van der Waals surface area contributed by atoms with Crippen LogP contribution in [0, 0.1) is 11.7 Å². The Balaban J connectivity index is 0.00000320. The summed E-state index contributed by atoms with van der Waals surface area (Å²) in [4.78, 5) is 27.5. The molecule has 2 aromatic rings. The van der Waals surface area contributed by atoms with Crippen LogP contribution in [0.25, 0.3) is 0 Å². The molecule has 162 valence electrons. The predicted octanol–water partition coefficient (Wildman–Crippen LogP) is 3.09. The zero-order valence-electron chi connectivity index (χ0n) is 17.1. The molecule has 2 aromatic carbocycles. The molecule has 0 bridgehead atoms. The molecule has 0 aromatic heterocycles. The lowest BCUT2D eigenvalue weighted by Gasteiger charge is -2.21. The lowest BCUT2D eigenvalue weighted by Crippen LogP contribution is -2.33. The van der Waals surface area contributed by atoms with Crippen molar-refractivity contribution in [3.8, 4) is 11.5 Å². The van der Waals surface area contributed by atoms with E-state index in [1.807, 2.05) is 24.3 Å². The first-order valence-corrected chi connectivity index (χ1v) is 9.63. The molecule has 0 aliphatic carbocycles. The lowest BCUT2D eigenvalue weighted by molar-refractivity contribution is -0.126. The van der Waals surface area contributed by atoms with Crippen LogP contribution in [0.1, 0.15) is 22.3 Å². The summed E-state index contributed by atoms with van der Waals surface area (Å²) in [7, 11) is 3.36. The number of hydrogen-bond donors (Lipinski definition) is 1. The molecule has 6 nitrogen and oxygen atoms in total. The smallest absolute Gasteiger partial charge is 0.256 e. The van der Waals surface area contributed by atoms with Gasteiger partial charge in [-0.05, 0) is 48.9 Å². The molecule has 1 heterocycles. The number of benzene rings is 2. The van der Waals surface area contributed by atoms with Gasteiger partial charge in [0.25, 0.3) is 5.91 Å². The zero-order chi connectivity index (χ0) is 21.0. The fourth-order valence-corrected chi connectivity index (χ4v) is 3.51. The number of hydrogen-bond acceptors (Lipinski definition) is 4. The second-order valence-corrected chi connectivity index (χ2v) is 7.46. The topological polar surface area (TPSA) is 75.9 Å². The van der Waals surface area contributed by atoms with E-state index in [1.165, 1.54) is 23.1 Å². The van der Waals surface area contributed by atoms with Crippen LogP contribution >= 0.6 is 12.4 Å². The van der Waals surface area contributed by atoms with Crippen LogP contribution in [0.2, 0.25) is 0 Å². The third-order valence-corrected chi connectivity index (χ3v) is 5.06. The van der Waals surface area contributed by atoms with Gasteiger partial charge in [0.1, 0.15) is 17.3 Å². The number of likely N-dealkylation sites (tertiary alicyclic amines) is 1. The van der Waals surface area contributed by atoms with Crippen molar-refractivity contribution in [2.75, 3.05) is 33.7 Å². The van der Waals surface area contributed by atoms with Gasteiger partial charge in [-0.25, -0.2) is 4.39 Å². The number of amides is 2. The van der Waals surface area contributed by atoms with E-state index in [0.29, 0.717) is 37.6 Å². The summed E-state index contributed by atoms with van der Waals surface area (Å²) in [5.74, 6) is 0.0494. The summed E-state index contributed by atoms with van der Waals surface area (Å²) in [6.07, 6.45) is 1.18. The predicted molar refractivity (Wildman–Crippen MR) is 116 cm³/mol. The number of nitrogens with zero attached hydrogens (tertiary/aromatic N) is 2. The third-order valence-electron chi connectivity index (χ3n) is 5.06. The normalized spacial score (nSPS) is 15.7. The van der Waals surface area contributed by atoms with Crippen molar-refractivity contribution in [1.29, 1.82) is 0 Å². The summed E-state index contributed by atoms with van der Waals surface area (Å²) in [6, 6.07) is 11.6. The minimum Gasteiger partial charge on any atom is -0.457 e. The number of nitrogens with two attached hydrogens (primary N) is 1. The van der Waals surface area contributed by atoms with Gasteiger partial charge >= 0.3 is 0 Å². The van der Waals surface area contributed by atoms with E-state index in [9.17, 15) is 14.0 Å². The van der Waals surface area contributed by atoms with Crippen LogP contribution < -0.4 is 10.5 Å². The molecule has 1 unspecified atom stereocenters. The summed E-state index contributed by atoms with van der Waals surface area (Å²) in [6.45, 7) is 1.56. The molecular weight excluding hydrogens is 409 g/mol. The Labute approximate surface area is 182 Å². The number of carbonyl (C=O) groups excluding carboxylic acids is 2. The van der Waals surface area contributed by atoms with Crippen LogP contribution in [0.15, 0.2) is 42.5 Å². The molecule has 1 saturated heterocycles. The Morgan fingerprint density at radius 3 is 2.50 bits per heavy atom. The Bertz CT molecular complexity index is 892. The monoisotopic (exact) mass is 435 g/mol. The Kier molecular flexibility index (Phi) is 8.20. The average molecular weight is 436 g/mol. The van der Waals surface area contributed by atoms with Crippen molar-refractivity contribution in [3.05, 3.63) is 59.4 Å². The molecule has 1 fully saturated rings. The molecule has 30 heavy (non-hydrogen) atoms. The van der Waals surface area contributed by atoms with Crippen LogP contribution in [0.5, 0.6) is 11.5 Å². The molecule has 2 amide bonds. The van der Waals surface area contributed by atoms with E-state index in [4.69, 9.17) is 10.5 Å². The van der Waals surface area contributed by atoms with Crippen molar-refractivity contribution in [2.24, 2.45) is 11.7 Å². The van der Waals surface area contributed by atoms with Crippen molar-refractivity contribution < 1.29 is 18.7 Å². The molecule has 1 atom stereocenters. The standard InChI is InChI=1S/C22H26FN3O3.ClH/c1-25-13-16(11-21(25)27)14-26(2)22(28)19-12-18(7-8-20(19)23)29-17-5-3-15(4-6-17)9-10-24;/h3-8,12,16H,9-11,13-14,24H2,1-2H3;1H. The summed E-state index contributed by atoms with van der Waals surface area (Å²) >= 11 is 0. The SMILES string of the molecule is CN1CC(CN(C)C(=O)c2cc(Oc3ccc(CCN)cc3)ccc2F)CC1=O.Cl. The average Bonchev–Trinajstić information content (AvgIpc) is 3.01. The highest BCUT2D eigenvalue weighted by molar-refractivity contribution is 5.94. The first-order chi connectivity index (χ1) is 13.9. The first-order valence-electron chi connectivity index (χ1n) is 9.63. The van der Waals surface area contributed by atoms with Crippen LogP contribution in [-0.4, -0.2) is 55.3 Å². The van der Waals surface area contributed by atoms with Crippen LogP contribution in [0.3, 0.4) is 0 Å². The molecular formula is C22H27ClFN3O3. The van der Waals surface area contributed by atoms with Gasteiger partial charge in [0, 0.05) is 39.5 Å². The van der Waals surface area contributed by atoms with E-state index in [1.54, 1.807) is 19.0 Å². The lowest BCUT2D eigenvalue weighted by atomic mass is 10.1.